The van der Waals surface area contributed by atoms with E-state index in [1.165, 1.54) is 0 Å². The summed E-state index contributed by atoms with van der Waals surface area (Å²) in [6.07, 6.45) is 6.38. The molecule has 2 saturated heterocycles. The van der Waals surface area contributed by atoms with Gasteiger partial charge in [-0.1, -0.05) is 12.1 Å². The van der Waals surface area contributed by atoms with Gasteiger partial charge in [0.05, 0.1) is 6.04 Å². The average Bonchev–Trinajstić information content (AvgIpc) is 3.41. The summed E-state index contributed by atoms with van der Waals surface area (Å²) in [6, 6.07) is 8.95. The molecule has 2 aliphatic heterocycles. The molecule has 0 spiro atoms. The highest BCUT2D eigenvalue weighted by Crippen LogP contribution is 2.30. The number of nitrogen functional groups attached to an aromatic ring is 1. The van der Waals surface area contributed by atoms with E-state index in [0.29, 0.717) is 16.9 Å². The van der Waals surface area contributed by atoms with Gasteiger partial charge in [0.25, 0.3) is 0 Å². The number of carbonyl (C=O) groups is 2. The number of aliphatic carboxylic acids is 1. The van der Waals surface area contributed by atoms with Gasteiger partial charge in [0, 0.05) is 49.1 Å². The second kappa shape index (κ2) is 11.3. The zero-order valence-electron chi connectivity index (χ0n) is 19.8. The third-order valence-corrected chi connectivity index (χ3v) is 6.91. The molecule has 0 radical (unpaired) electrons. The summed E-state index contributed by atoms with van der Waals surface area (Å²) in [5.74, 6) is -0.613. The summed E-state index contributed by atoms with van der Waals surface area (Å²) in [6.45, 7) is 2.40. The molecule has 2 atom stereocenters. The number of aromatic nitrogens is 1. The first-order chi connectivity index (χ1) is 16.9. The fraction of sp³-hybridized carbons (Fsp3) is 0.462. The summed E-state index contributed by atoms with van der Waals surface area (Å²) >= 11 is 0. The predicted molar refractivity (Wildman–Crippen MR) is 133 cm³/mol. The predicted octanol–water partition coefficient (Wildman–Crippen LogP) is 2.37. The third kappa shape index (κ3) is 6.16. The van der Waals surface area contributed by atoms with Gasteiger partial charge < -0.3 is 25.8 Å². The summed E-state index contributed by atoms with van der Waals surface area (Å²) in [5.41, 5.74) is 7.98. The van der Waals surface area contributed by atoms with Crippen molar-refractivity contribution in [2.75, 3.05) is 24.5 Å². The van der Waals surface area contributed by atoms with E-state index >= 15 is 0 Å². The molecule has 9 heteroatoms. The molecule has 0 aliphatic carbocycles. The number of ether oxygens (including phenoxy) is 1. The highest BCUT2D eigenvalue weighted by atomic mass is 16.5. The number of carboxylic acids is 1. The fourth-order valence-corrected chi connectivity index (χ4v) is 4.93. The minimum atomic E-state index is -0.905. The first kappa shape index (κ1) is 24.7. The Labute approximate surface area is 205 Å². The van der Waals surface area contributed by atoms with E-state index in [1.54, 1.807) is 30.6 Å². The number of amidine groups is 1. The van der Waals surface area contributed by atoms with Gasteiger partial charge in [-0.15, -0.1) is 0 Å². The molecule has 2 aromatic rings. The van der Waals surface area contributed by atoms with Crippen molar-refractivity contribution in [1.82, 2.24) is 10.3 Å². The van der Waals surface area contributed by atoms with Crippen molar-refractivity contribution in [3.63, 3.8) is 0 Å². The molecule has 0 bridgehead atoms. The number of Topliss-reactive ketones (excluding diaryl/α,β-unsaturated/α-hetero) is 1. The number of anilines is 1. The molecular weight excluding hydrogens is 446 g/mol. The lowest BCUT2D eigenvalue weighted by atomic mass is 9.87. The Kier molecular flexibility index (Phi) is 7.97. The first-order valence-corrected chi connectivity index (χ1v) is 12.2. The molecule has 0 saturated carbocycles. The van der Waals surface area contributed by atoms with Crippen LogP contribution in [-0.4, -0.2) is 59.5 Å². The van der Waals surface area contributed by atoms with Crippen LogP contribution in [0.3, 0.4) is 0 Å². The Morgan fingerprint density at radius 3 is 2.57 bits per heavy atom. The largest absolute Gasteiger partial charge is 0.481 e. The summed E-state index contributed by atoms with van der Waals surface area (Å²) in [5, 5.41) is 20.4. The third-order valence-electron chi connectivity index (χ3n) is 6.91. The summed E-state index contributed by atoms with van der Waals surface area (Å²) < 4.78 is 6.40. The molecule has 2 fully saturated rings. The lowest BCUT2D eigenvalue weighted by Crippen LogP contribution is -2.49. The zero-order chi connectivity index (χ0) is 24.8. The van der Waals surface area contributed by atoms with Gasteiger partial charge >= 0.3 is 5.97 Å². The highest BCUT2D eigenvalue weighted by Gasteiger charge is 2.38. The van der Waals surface area contributed by atoms with E-state index < -0.39 is 12.1 Å². The molecule has 1 aromatic heterocycles. The number of carboxylic acid groups (broad SMARTS) is 1. The standard InChI is InChI=1S/C26H33N5O4/c27-26(28)19-4-3-17(5-6-23(32)33)22(16-19)35-25(21-2-1-11-30-21)24(34)18-9-14-31(15-10-18)20-7-12-29-13-8-20/h3-4,7-8,12-13,16,18,21,25,30H,1-2,5-6,9-11,14-15H2,(H3,27,28)(H,32,33). The van der Waals surface area contributed by atoms with Crippen LogP contribution in [0.1, 0.15) is 43.2 Å². The average molecular weight is 480 g/mol. The van der Waals surface area contributed by atoms with Crippen LogP contribution in [0.2, 0.25) is 0 Å². The minimum absolute atomic E-state index is 0.0520. The Hall–Kier alpha value is -3.46. The molecule has 3 heterocycles. The van der Waals surface area contributed by atoms with Crippen LogP contribution in [0.15, 0.2) is 42.7 Å². The number of carbonyl (C=O) groups excluding carboxylic acids is 1. The van der Waals surface area contributed by atoms with Crippen molar-refractivity contribution in [2.45, 2.75) is 50.7 Å². The molecule has 2 unspecified atom stereocenters. The molecule has 1 aromatic carbocycles. The topological polar surface area (TPSA) is 142 Å². The van der Waals surface area contributed by atoms with Gasteiger partial charge in [-0.2, -0.15) is 0 Å². The van der Waals surface area contributed by atoms with E-state index in [2.05, 4.69) is 15.2 Å². The van der Waals surface area contributed by atoms with Crippen LogP contribution in [0.4, 0.5) is 5.69 Å². The smallest absolute Gasteiger partial charge is 0.303 e. The van der Waals surface area contributed by atoms with Crippen LogP contribution >= 0.6 is 0 Å². The molecule has 9 nitrogen and oxygen atoms in total. The Morgan fingerprint density at radius 2 is 1.94 bits per heavy atom. The number of ketones is 1. The van der Waals surface area contributed by atoms with E-state index in [1.807, 2.05) is 12.1 Å². The molecule has 186 valence electrons. The summed E-state index contributed by atoms with van der Waals surface area (Å²) in [4.78, 5) is 31.3. The van der Waals surface area contributed by atoms with Crippen LogP contribution < -0.4 is 20.7 Å². The number of nitrogens with zero attached hydrogens (tertiary/aromatic N) is 2. The van der Waals surface area contributed by atoms with E-state index in [0.717, 1.165) is 51.0 Å². The van der Waals surface area contributed by atoms with Gasteiger partial charge in [-0.25, -0.2) is 0 Å². The van der Waals surface area contributed by atoms with Crippen LogP contribution in [0, 0.1) is 11.3 Å². The van der Waals surface area contributed by atoms with Gasteiger partial charge in [0.1, 0.15) is 11.6 Å². The number of pyridine rings is 1. The highest BCUT2D eigenvalue weighted by molar-refractivity contribution is 5.95. The Bertz CT molecular complexity index is 1050. The number of nitrogens with two attached hydrogens (primary N) is 1. The minimum Gasteiger partial charge on any atom is -0.481 e. The number of piperidine rings is 1. The van der Waals surface area contributed by atoms with E-state index in [4.69, 9.17) is 21.0 Å². The Morgan fingerprint density at radius 1 is 1.20 bits per heavy atom. The maximum atomic E-state index is 13.8. The van der Waals surface area contributed by atoms with Crippen molar-refractivity contribution in [2.24, 2.45) is 11.7 Å². The molecule has 4 rings (SSSR count). The van der Waals surface area contributed by atoms with Crippen LogP contribution in [0.5, 0.6) is 5.75 Å². The Balaban J connectivity index is 1.53. The number of rotatable bonds is 10. The second-order valence-corrected chi connectivity index (χ2v) is 9.24. The van der Waals surface area contributed by atoms with E-state index in [-0.39, 0.29) is 36.4 Å². The maximum Gasteiger partial charge on any atom is 0.303 e. The fourth-order valence-electron chi connectivity index (χ4n) is 4.93. The lowest BCUT2D eigenvalue weighted by molar-refractivity contribution is -0.137. The van der Waals surface area contributed by atoms with Crippen molar-refractivity contribution in [1.29, 1.82) is 5.41 Å². The summed E-state index contributed by atoms with van der Waals surface area (Å²) in [7, 11) is 0. The first-order valence-electron chi connectivity index (χ1n) is 12.2. The maximum absolute atomic E-state index is 13.8. The molecular formula is C26H33N5O4. The normalized spacial score (nSPS) is 19.3. The van der Waals surface area contributed by atoms with Crippen molar-refractivity contribution < 1.29 is 19.4 Å². The molecule has 35 heavy (non-hydrogen) atoms. The van der Waals surface area contributed by atoms with Crippen LogP contribution in [-0.2, 0) is 16.0 Å². The quantitative estimate of drug-likeness (QED) is 0.301. The molecule has 5 N–H and O–H groups in total. The zero-order valence-corrected chi connectivity index (χ0v) is 19.8. The number of hydrogen-bond donors (Lipinski definition) is 4. The molecule has 0 amide bonds. The number of benzene rings is 1. The second-order valence-electron chi connectivity index (χ2n) is 9.24. The molecule has 2 aliphatic rings. The number of hydrogen-bond acceptors (Lipinski definition) is 7. The van der Waals surface area contributed by atoms with Crippen LogP contribution in [0.25, 0.3) is 0 Å². The van der Waals surface area contributed by atoms with Gasteiger partial charge in [-0.3, -0.25) is 20.0 Å². The van der Waals surface area contributed by atoms with Gasteiger partial charge in [0.2, 0.25) is 0 Å². The monoisotopic (exact) mass is 479 g/mol. The van der Waals surface area contributed by atoms with Crippen molar-refractivity contribution in [3.8, 4) is 5.75 Å². The van der Waals surface area contributed by atoms with Crippen molar-refractivity contribution in [3.05, 3.63) is 53.9 Å². The SMILES string of the molecule is N=C(N)c1ccc(CCC(=O)O)c(OC(C(=O)C2CCN(c3ccncc3)CC2)C2CCCN2)c1. The number of aryl methyl sites for hydroxylation is 1. The van der Waals surface area contributed by atoms with Crippen molar-refractivity contribution >= 4 is 23.3 Å². The lowest BCUT2D eigenvalue weighted by Gasteiger charge is -2.35. The van der Waals surface area contributed by atoms with Gasteiger partial charge in [-0.05, 0) is 62.4 Å². The van der Waals surface area contributed by atoms with Gasteiger partial charge in [0.15, 0.2) is 11.9 Å². The van der Waals surface area contributed by atoms with E-state index in [9.17, 15) is 9.59 Å². The number of nitrogens with one attached hydrogen (secondary N) is 2.